The highest BCUT2D eigenvalue weighted by molar-refractivity contribution is 5.96. The summed E-state index contributed by atoms with van der Waals surface area (Å²) >= 11 is 0. The molecule has 10 rings (SSSR count). The molecule has 0 atom stereocenters. The van der Waals surface area contributed by atoms with E-state index in [4.69, 9.17) is 9.47 Å². The van der Waals surface area contributed by atoms with Crippen LogP contribution in [0, 0.1) is 0 Å². The number of ether oxygens (including phenoxy) is 2. The summed E-state index contributed by atoms with van der Waals surface area (Å²) in [6, 6.07) is 56.3. The lowest BCUT2D eigenvalue weighted by molar-refractivity contribution is 0.360. The van der Waals surface area contributed by atoms with Crippen molar-refractivity contribution in [3.05, 3.63) is 204 Å². The fourth-order valence-corrected chi connectivity index (χ4v) is 8.72. The largest absolute Gasteiger partial charge is 0.449 e. The molecule has 0 unspecified atom stereocenters. The molecule has 3 heteroatoms. The summed E-state index contributed by atoms with van der Waals surface area (Å²) in [6.45, 7) is 4.13. The van der Waals surface area contributed by atoms with Crippen molar-refractivity contribution in [2.24, 2.45) is 0 Å². The van der Waals surface area contributed by atoms with E-state index in [-0.39, 0.29) is 0 Å². The number of hydrogen-bond donors (Lipinski definition) is 0. The van der Waals surface area contributed by atoms with E-state index in [1.165, 1.54) is 44.5 Å². The molecule has 0 radical (unpaired) electrons. The minimum atomic E-state index is -0.441. The van der Waals surface area contributed by atoms with Gasteiger partial charge in [0.1, 0.15) is 0 Å². The Hall–Kier alpha value is -6.58. The molecule has 52 heavy (non-hydrogen) atoms. The molecule has 1 aliphatic heterocycles. The third kappa shape index (κ3) is 4.26. The molecule has 1 spiro atoms. The molecule has 0 bridgehead atoms. The molecule has 1 heterocycles. The predicted molar refractivity (Wildman–Crippen MR) is 212 cm³/mol. The molecule has 248 valence electrons. The van der Waals surface area contributed by atoms with Crippen LogP contribution in [0.25, 0.3) is 33.4 Å². The van der Waals surface area contributed by atoms with Gasteiger partial charge >= 0.3 is 0 Å². The van der Waals surface area contributed by atoms with Crippen molar-refractivity contribution >= 4 is 11.4 Å². The lowest BCUT2D eigenvalue weighted by Gasteiger charge is -2.31. The fourth-order valence-electron chi connectivity index (χ4n) is 8.72. The third-order valence-electron chi connectivity index (χ3n) is 10.8. The van der Waals surface area contributed by atoms with Crippen molar-refractivity contribution in [3.63, 3.8) is 0 Å². The third-order valence-corrected chi connectivity index (χ3v) is 10.8. The summed E-state index contributed by atoms with van der Waals surface area (Å²) in [5.41, 5.74) is 14.9. The normalized spacial score (nSPS) is 14.1. The number of nitrogens with zero attached hydrogens (tertiary/aromatic N) is 1. The molecular formula is C49H35NO2. The Kier molecular flexibility index (Phi) is 6.84. The number of para-hydroxylation sites is 2. The number of anilines is 2. The van der Waals surface area contributed by atoms with Gasteiger partial charge < -0.3 is 14.4 Å². The van der Waals surface area contributed by atoms with Crippen LogP contribution < -0.4 is 14.4 Å². The molecule has 0 fully saturated rings. The van der Waals surface area contributed by atoms with Gasteiger partial charge in [0, 0.05) is 22.6 Å². The molecule has 3 aliphatic rings. The number of benzene rings is 7. The summed E-state index contributed by atoms with van der Waals surface area (Å²) < 4.78 is 13.7. The van der Waals surface area contributed by atoms with Crippen molar-refractivity contribution in [1.82, 2.24) is 0 Å². The van der Waals surface area contributed by atoms with E-state index in [0.29, 0.717) is 5.75 Å². The van der Waals surface area contributed by atoms with Crippen LogP contribution in [-0.4, -0.2) is 0 Å². The molecule has 7 aromatic rings. The van der Waals surface area contributed by atoms with Gasteiger partial charge in [-0.25, -0.2) is 0 Å². The number of hydrogen-bond acceptors (Lipinski definition) is 3. The van der Waals surface area contributed by atoms with Crippen LogP contribution in [0.4, 0.5) is 11.4 Å². The second kappa shape index (κ2) is 11.8. The Morgan fingerprint density at radius 1 is 0.481 bits per heavy atom. The minimum Gasteiger partial charge on any atom is -0.449 e. The zero-order chi connectivity index (χ0) is 34.8. The molecule has 0 saturated carbocycles. The van der Waals surface area contributed by atoms with Gasteiger partial charge in [-0.3, -0.25) is 0 Å². The van der Waals surface area contributed by atoms with E-state index in [1.54, 1.807) is 0 Å². The average molecular weight is 670 g/mol. The first kappa shape index (κ1) is 30.3. The van der Waals surface area contributed by atoms with E-state index in [0.717, 1.165) is 45.4 Å². The minimum absolute atomic E-state index is 0.441. The van der Waals surface area contributed by atoms with E-state index in [9.17, 15) is 0 Å². The second-order valence-electron chi connectivity index (χ2n) is 13.5. The first-order valence-electron chi connectivity index (χ1n) is 17.9. The lowest BCUT2D eigenvalue weighted by atomic mass is 9.70. The molecule has 3 nitrogen and oxygen atoms in total. The van der Waals surface area contributed by atoms with Gasteiger partial charge in [0.05, 0.1) is 5.41 Å². The van der Waals surface area contributed by atoms with Gasteiger partial charge in [0.25, 0.3) is 0 Å². The smallest absolute Gasteiger partial charge is 0.177 e. The van der Waals surface area contributed by atoms with Crippen LogP contribution in [0.5, 0.6) is 23.0 Å². The van der Waals surface area contributed by atoms with Crippen LogP contribution in [-0.2, 0) is 5.41 Å². The van der Waals surface area contributed by atoms with Gasteiger partial charge in [0.15, 0.2) is 23.0 Å². The standard InChI is InChI=1S/C49H35NO2/c1-3-16-33(4-2)50(34-18-6-5-7-19-34)35-20-14-17-32(29-35)36-24-15-28-45-48(36)52-46-30-40-39-23-10-13-27-43(39)49(44(40)31-47(46)51-45)41-25-11-8-21-37(41)38-22-9-12-26-42(38)49/h3-31H,1-2H3/b16-3-,33-4+. The molecule has 0 N–H and O–H groups in total. The first-order valence-corrected chi connectivity index (χ1v) is 17.9. The summed E-state index contributed by atoms with van der Waals surface area (Å²) in [5.74, 6) is 2.87. The summed E-state index contributed by atoms with van der Waals surface area (Å²) in [5, 5.41) is 0. The highest BCUT2D eigenvalue weighted by Gasteiger charge is 2.52. The molecule has 0 saturated heterocycles. The van der Waals surface area contributed by atoms with Crippen molar-refractivity contribution in [2.75, 3.05) is 4.90 Å². The number of rotatable bonds is 5. The average Bonchev–Trinajstić information content (AvgIpc) is 3.66. The Morgan fingerprint density at radius 2 is 1.06 bits per heavy atom. The molecule has 0 amide bonds. The van der Waals surface area contributed by atoms with Crippen LogP contribution in [0.2, 0.25) is 0 Å². The highest BCUT2D eigenvalue weighted by Crippen LogP contribution is 2.64. The van der Waals surface area contributed by atoms with E-state index in [1.807, 2.05) is 19.1 Å². The Balaban J connectivity index is 1.11. The van der Waals surface area contributed by atoms with Gasteiger partial charge in [-0.1, -0.05) is 127 Å². The van der Waals surface area contributed by atoms with Crippen molar-refractivity contribution in [1.29, 1.82) is 0 Å². The van der Waals surface area contributed by atoms with Crippen molar-refractivity contribution < 1.29 is 9.47 Å². The SMILES string of the molecule is C/C=C\C(=C/C)N(c1ccccc1)c1cccc(-c2cccc3c2Oc2cc4c(cc2O3)C2(c3ccccc3-c3ccccc32)c2ccccc2-4)c1. The zero-order valence-electron chi connectivity index (χ0n) is 29.0. The topological polar surface area (TPSA) is 21.7 Å². The van der Waals surface area contributed by atoms with Gasteiger partial charge in [-0.05, 0) is 112 Å². The van der Waals surface area contributed by atoms with Crippen LogP contribution in [0.15, 0.2) is 182 Å². The van der Waals surface area contributed by atoms with Gasteiger partial charge in [-0.15, -0.1) is 0 Å². The first-order chi connectivity index (χ1) is 25.7. The number of fused-ring (bicyclic) bond motifs is 12. The monoisotopic (exact) mass is 669 g/mol. The maximum absolute atomic E-state index is 6.92. The fraction of sp³-hybridized carbons (Fsp3) is 0.0612. The molecular weight excluding hydrogens is 635 g/mol. The summed E-state index contributed by atoms with van der Waals surface area (Å²) in [6.07, 6.45) is 6.36. The van der Waals surface area contributed by atoms with E-state index in [2.05, 4.69) is 176 Å². The molecule has 7 aromatic carbocycles. The Bertz CT molecular complexity index is 2570. The zero-order valence-corrected chi connectivity index (χ0v) is 29.0. The number of allylic oxidation sites excluding steroid dienone is 3. The molecule has 0 aromatic heterocycles. The quantitative estimate of drug-likeness (QED) is 0.170. The highest BCUT2D eigenvalue weighted by atomic mass is 16.6. The van der Waals surface area contributed by atoms with Crippen LogP contribution in [0.3, 0.4) is 0 Å². The van der Waals surface area contributed by atoms with Crippen molar-refractivity contribution in [3.8, 4) is 56.4 Å². The summed E-state index contributed by atoms with van der Waals surface area (Å²) in [7, 11) is 0. The molecule has 2 aliphatic carbocycles. The maximum Gasteiger partial charge on any atom is 0.177 e. The van der Waals surface area contributed by atoms with E-state index < -0.39 is 5.41 Å². The Labute approximate surface area is 304 Å². The van der Waals surface area contributed by atoms with Crippen LogP contribution in [0.1, 0.15) is 36.1 Å². The Morgan fingerprint density at radius 3 is 1.73 bits per heavy atom. The lowest BCUT2D eigenvalue weighted by Crippen LogP contribution is -2.25. The predicted octanol–water partition coefficient (Wildman–Crippen LogP) is 13.2. The van der Waals surface area contributed by atoms with Crippen molar-refractivity contribution in [2.45, 2.75) is 19.3 Å². The second-order valence-corrected chi connectivity index (χ2v) is 13.5. The van der Waals surface area contributed by atoms with Gasteiger partial charge in [0.2, 0.25) is 0 Å². The summed E-state index contributed by atoms with van der Waals surface area (Å²) in [4.78, 5) is 2.28. The van der Waals surface area contributed by atoms with Crippen LogP contribution >= 0.6 is 0 Å². The maximum atomic E-state index is 6.92. The van der Waals surface area contributed by atoms with Gasteiger partial charge in [-0.2, -0.15) is 0 Å². The van der Waals surface area contributed by atoms with E-state index >= 15 is 0 Å².